The van der Waals surface area contributed by atoms with E-state index in [0.29, 0.717) is 17.9 Å². The molecule has 1 saturated carbocycles. The number of ether oxygens (including phenoxy) is 1. The van der Waals surface area contributed by atoms with Gasteiger partial charge in [0.2, 0.25) is 0 Å². The van der Waals surface area contributed by atoms with Gasteiger partial charge in [-0.1, -0.05) is 0 Å². The smallest absolute Gasteiger partial charge is 0.293 e. The van der Waals surface area contributed by atoms with Gasteiger partial charge in [-0.3, -0.25) is 14.9 Å². The third-order valence-electron chi connectivity index (χ3n) is 3.56. The fourth-order valence-electron chi connectivity index (χ4n) is 2.36. The molecule has 2 N–H and O–H groups in total. The summed E-state index contributed by atoms with van der Waals surface area (Å²) >= 11 is 0. The van der Waals surface area contributed by atoms with Crippen LogP contribution in [0.15, 0.2) is 18.2 Å². The van der Waals surface area contributed by atoms with Crippen LogP contribution >= 0.6 is 0 Å². The zero-order chi connectivity index (χ0) is 15.4. The van der Waals surface area contributed by atoms with Crippen LogP contribution in [0.5, 0.6) is 0 Å². The first kappa shape index (κ1) is 15.2. The highest BCUT2D eigenvalue weighted by molar-refractivity contribution is 5.96. The Morgan fingerprint density at radius 3 is 2.76 bits per heavy atom. The standard InChI is InChI=1S/C14H19N3O4/c1-3-21-11-7-10(8-11)16-14(18)9-4-5-12(15-2)13(6-9)17(19)20/h4-6,10-11,15H,3,7-8H2,1-2H3,(H,16,18). The van der Waals surface area contributed by atoms with Crippen LogP contribution in [0.25, 0.3) is 0 Å². The Labute approximate surface area is 122 Å². The summed E-state index contributed by atoms with van der Waals surface area (Å²) in [4.78, 5) is 22.6. The van der Waals surface area contributed by atoms with E-state index in [4.69, 9.17) is 4.74 Å². The summed E-state index contributed by atoms with van der Waals surface area (Å²) in [6, 6.07) is 4.49. The quantitative estimate of drug-likeness (QED) is 0.617. The molecule has 7 heteroatoms. The summed E-state index contributed by atoms with van der Waals surface area (Å²) in [7, 11) is 1.60. The lowest BCUT2D eigenvalue weighted by atomic mass is 9.89. The molecule has 21 heavy (non-hydrogen) atoms. The molecule has 0 unspecified atom stereocenters. The Balaban J connectivity index is 2.00. The van der Waals surface area contributed by atoms with E-state index in [1.54, 1.807) is 13.1 Å². The summed E-state index contributed by atoms with van der Waals surface area (Å²) in [5, 5.41) is 16.6. The van der Waals surface area contributed by atoms with Gasteiger partial charge in [-0.05, 0) is 31.9 Å². The molecule has 114 valence electrons. The maximum atomic E-state index is 12.1. The molecule has 1 aliphatic carbocycles. The number of benzene rings is 1. The Morgan fingerprint density at radius 1 is 1.48 bits per heavy atom. The Bertz CT molecular complexity index is 541. The van der Waals surface area contributed by atoms with Gasteiger partial charge in [-0.2, -0.15) is 0 Å². The van der Waals surface area contributed by atoms with Crippen LogP contribution in [0, 0.1) is 10.1 Å². The van der Waals surface area contributed by atoms with Crippen molar-refractivity contribution in [3.05, 3.63) is 33.9 Å². The lowest BCUT2D eigenvalue weighted by Crippen LogP contribution is -2.47. The molecule has 2 rings (SSSR count). The molecule has 0 aliphatic heterocycles. The van der Waals surface area contributed by atoms with Crippen molar-refractivity contribution in [2.45, 2.75) is 31.9 Å². The van der Waals surface area contributed by atoms with Crippen LogP contribution in [0.3, 0.4) is 0 Å². The second-order valence-corrected chi connectivity index (χ2v) is 4.96. The highest BCUT2D eigenvalue weighted by Gasteiger charge is 2.31. The van der Waals surface area contributed by atoms with E-state index in [-0.39, 0.29) is 23.7 Å². The Hall–Kier alpha value is -2.15. The lowest BCUT2D eigenvalue weighted by Gasteiger charge is -2.35. The van der Waals surface area contributed by atoms with Gasteiger partial charge in [0.25, 0.3) is 11.6 Å². The number of nitrogens with zero attached hydrogens (tertiary/aromatic N) is 1. The molecule has 0 aromatic heterocycles. The van der Waals surface area contributed by atoms with Gasteiger partial charge in [0.15, 0.2) is 0 Å². The predicted molar refractivity (Wildman–Crippen MR) is 78.5 cm³/mol. The van der Waals surface area contributed by atoms with Crippen LogP contribution in [0.1, 0.15) is 30.1 Å². The number of nitro benzene ring substituents is 1. The molecular formula is C14H19N3O4. The second-order valence-electron chi connectivity index (χ2n) is 4.96. The van der Waals surface area contributed by atoms with Crippen molar-refractivity contribution in [3.63, 3.8) is 0 Å². The highest BCUT2D eigenvalue weighted by atomic mass is 16.6. The van der Waals surface area contributed by atoms with Gasteiger partial charge < -0.3 is 15.4 Å². The zero-order valence-corrected chi connectivity index (χ0v) is 12.1. The van der Waals surface area contributed by atoms with Crippen molar-refractivity contribution in [2.24, 2.45) is 0 Å². The molecule has 0 bridgehead atoms. The van der Waals surface area contributed by atoms with Crippen molar-refractivity contribution in [1.29, 1.82) is 0 Å². The lowest BCUT2D eigenvalue weighted by molar-refractivity contribution is -0.384. The minimum Gasteiger partial charge on any atom is -0.383 e. The molecule has 0 spiro atoms. The molecule has 0 radical (unpaired) electrons. The van der Waals surface area contributed by atoms with Crippen LogP contribution < -0.4 is 10.6 Å². The maximum Gasteiger partial charge on any atom is 0.293 e. The fourth-order valence-corrected chi connectivity index (χ4v) is 2.36. The van der Waals surface area contributed by atoms with Gasteiger partial charge in [0, 0.05) is 31.3 Å². The Kier molecular flexibility index (Phi) is 4.74. The third kappa shape index (κ3) is 3.49. The van der Waals surface area contributed by atoms with Crippen LogP contribution in [0.2, 0.25) is 0 Å². The molecule has 0 saturated heterocycles. The number of nitrogens with one attached hydrogen (secondary N) is 2. The molecular weight excluding hydrogens is 274 g/mol. The number of amides is 1. The van der Waals surface area contributed by atoms with Gasteiger partial charge in [-0.15, -0.1) is 0 Å². The van der Waals surface area contributed by atoms with Gasteiger partial charge in [0.1, 0.15) is 5.69 Å². The minimum atomic E-state index is -0.503. The molecule has 1 amide bonds. The molecule has 1 fully saturated rings. The van der Waals surface area contributed by atoms with E-state index in [0.717, 1.165) is 12.8 Å². The van der Waals surface area contributed by atoms with E-state index in [1.807, 2.05) is 6.92 Å². The first-order valence-electron chi connectivity index (χ1n) is 6.93. The summed E-state index contributed by atoms with van der Waals surface area (Å²) in [5.74, 6) is -0.291. The fraction of sp³-hybridized carbons (Fsp3) is 0.500. The van der Waals surface area contributed by atoms with E-state index in [2.05, 4.69) is 10.6 Å². The van der Waals surface area contributed by atoms with Crippen molar-refractivity contribution >= 4 is 17.3 Å². The average molecular weight is 293 g/mol. The largest absolute Gasteiger partial charge is 0.383 e. The highest BCUT2D eigenvalue weighted by Crippen LogP contribution is 2.26. The summed E-state index contributed by atoms with van der Waals surface area (Å²) in [6.45, 7) is 2.61. The van der Waals surface area contributed by atoms with Crippen molar-refractivity contribution in [3.8, 4) is 0 Å². The van der Waals surface area contributed by atoms with E-state index in [9.17, 15) is 14.9 Å². The van der Waals surface area contributed by atoms with E-state index < -0.39 is 4.92 Å². The number of rotatable bonds is 6. The maximum absolute atomic E-state index is 12.1. The Morgan fingerprint density at radius 2 is 2.19 bits per heavy atom. The summed E-state index contributed by atoms with van der Waals surface area (Å²) in [5.41, 5.74) is 0.572. The summed E-state index contributed by atoms with van der Waals surface area (Å²) in [6.07, 6.45) is 1.79. The number of carbonyl (C=O) groups is 1. The van der Waals surface area contributed by atoms with E-state index >= 15 is 0 Å². The van der Waals surface area contributed by atoms with Crippen LogP contribution in [-0.2, 0) is 4.74 Å². The molecule has 1 aromatic rings. The van der Waals surface area contributed by atoms with Crippen molar-refractivity contribution in [2.75, 3.05) is 19.0 Å². The minimum absolute atomic E-state index is 0.0806. The average Bonchev–Trinajstić information content (AvgIpc) is 2.44. The van der Waals surface area contributed by atoms with Gasteiger partial charge in [-0.25, -0.2) is 0 Å². The number of anilines is 1. The normalized spacial score (nSPS) is 20.5. The van der Waals surface area contributed by atoms with Crippen molar-refractivity contribution in [1.82, 2.24) is 5.32 Å². The van der Waals surface area contributed by atoms with Crippen LogP contribution in [-0.4, -0.2) is 36.6 Å². The van der Waals surface area contributed by atoms with Crippen LogP contribution in [0.4, 0.5) is 11.4 Å². The molecule has 0 heterocycles. The number of carbonyl (C=O) groups excluding carboxylic acids is 1. The number of hydrogen-bond donors (Lipinski definition) is 2. The van der Waals surface area contributed by atoms with Gasteiger partial charge in [0.05, 0.1) is 11.0 Å². The zero-order valence-electron chi connectivity index (χ0n) is 12.1. The molecule has 7 nitrogen and oxygen atoms in total. The molecule has 0 atom stereocenters. The molecule has 1 aliphatic rings. The topological polar surface area (TPSA) is 93.5 Å². The number of nitro groups is 1. The second kappa shape index (κ2) is 6.53. The monoisotopic (exact) mass is 293 g/mol. The predicted octanol–water partition coefficient (Wildman–Crippen LogP) is 1.93. The third-order valence-corrected chi connectivity index (χ3v) is 3.56. The molecule has 1 aromatic carbocycles. The van der Waals surface area contributed by atoms with E-state index in [1.165, 1.54) is 12.1 Å². The summed E-state index contributed by atoms with van der Waals surface area (Å²) < 4.78 is 5.43. The van der Waals surface area contributed by atoms with Gasteiger partial charge >= 0.3 is 0 Å². The first-order valence-corrected chi connectivity index (χ1v) is 6.93. The SMILES string of the molecule is CCOC1CC(NC(=O)c2ccc(NC)c([N+](=O)[O-])c2)C1. The van der Waals surface area contributed by atoms with Crippen molar-refractivity contribution < 1.29 is 14.5 Å². The first-order chi connectivity index (χ1) is 10.0. The number of hydrogen-bond acceptors (Lipinski definition) is 5.